The van der Waals surface area contributed by atoms with Crippen molar-refractivity contribution in [3.8, 4) is 11.1 Å². The first kappa shape index (κ1) is 23.7. The lowest BCUT2D eigenvalue weighted by Gasteiger charge is -2.42. The van der Waals surface area contributed by atoms with Gasteiger partial charge in [0, 0.05) is 0 Å². The van der Waals surface area contributed by atoms with E-state index in [1.807, 2.05) is 0 Å². The maximum atomic E-state index is 2.59. The molecule has 0 bridgehead atoms. The average molecular weight is 481 g/mol. The Hall–Kier alpha value is -2.47. The quantitative estimate of drug-likeness (QED) is 0.307. The summed E-state index contributed by atoms with van der Waals surface area (Å²) < 4.78 is 0. The minimum absolute atomic E-state index is 1.27. The van der Waals surface area contributed by atoms with Crippen LogP contribution in [0.2, 0.25) is 39.3 Å². The molecule has 0 aliphatic rings. The summed E-state index contributed by atoms with van der Waals surface area (Å²) in [7, 11) is -5.05. The molecule has 4 rings (SSSR count). The van der Waals surface area contributed by atoms with Gasteiger partial charge in [-0.3, -0.25) is 0 Å². The van der Waals surface area contributed by atoms with Crippen molar-refractivity contribution in [1.82, 2.24) is 0 Å². The summed E-state index contributed by atoms with van der Waals surface area (Å²) in [5.74, 6) is 0. The highest BCUT2D eigenvalue weighted by Gasteiger charge is 2.48. The molecule has 3 heteroatoms. The Morgan fingerprint density at radius 1 is 0.364 bits per heavy atom. The molecule has 0 unspecified atom stereocenters. The van der Waals surface area contributed by atoms with Crippen LogP contribution in [-0.2, 0) is 0 Å². The topological polar surface area (TPSA) is 0 Å². The van der Waals surface area contributed by atoms with Crippen molar-refractivity contribution in [2.75, 3.05) is 0 Å². The second kappa shape index (κ2) is 9.05. The normalized spacial score (nSPS) is 12.5. The van der Waals surface area contributed by atoms with Crippen molar-refractivity contribution >= 4 is 44.0 Å². The van der Waals surface area contributed by atoms with Gasteiger partial charge in [0.25, 0.3) is 0 Å². The van der Waals surface area contributed by atoms with E-state index in [-0.39, 0.29) is 0 Å². The van der Waals surface area contributed by atoms with Crippen molar-refractivity contribution in [3.05, 3.63) is 109 Å². The number of hydrogen-bond acceptors (Lipinski definition) is 0. The summed E-state index contributed by atoms with van der Waals surface area (Å²) in [4.78, 5) is 0. The molecule has 0 aliphatic heterocycles. The number of hydrogen-bond donors (Lipinski definition) is 0. The fourth-order valence-electron chi connectivity index (χ4n) is 4.96. The zero-order chi connectivity index (χ0) is 23.7. The van der Waals surface area contributed by atoms with Crippen molar-refractivity contribution in [2.45, 2.75) is 39.3 Å². The van der Waals surface area contributed by atoms with E-state index in [0.717, 1.165) is 0 Å². The summed E-state index contributed by atoms with van der Waals surface area (Å²) >= 11 is 0. The van der Waals surface area contributed by atoms with Crippen molar-refractivity contribution in [1.29, 1.82) is 0 Å². The summed E-state index contributed by atoms with van der Waals surface area (Å²) in [6, 6.07) is 41.4. The number of rotatable bonds is 6. The molecule has 0 saturated heterocycles. The Bertz CT molecular complexity index is 1150. The van der Waals surface area contributed by atoms with Crippen LogP contribution in [0.5, 0.6) is 0 Å². The fourth-order valence-corrected chi connectivity index (χ4v) is 18.8. The maximum absolute atomic E-state index is 2.59. The molecule has 0 aromatic heterocycles. The largest absolute Gasteiger partial charge is 0.112 e. The van der Waals surface area contributed by atoms with Gasteiger partial charge in [0.2, 0.25) is 0 Å². The highest BCUT2D eigenvalue weighted by atomic mass is 29.3. The minimum atomic E-state index is -1.95. The van der Waals surface area contributed by atoms with E-state index < -0.39 is 23.3 Å². The SMILES string of the molecule is C[Si](C)(C)c1ccc(-c2ccc([Si](C)(C)[Si](C)(c3ccccc3)c3ccccc3)cc2)cc1. The van der Waals surface area contributed by atoms with Crippen molar-refractivity contribution in [2.24, 2.45) is 0 Å². The molecule has 0 heterocycles. The molecule has 0 radical (unpaired) electrons. The lowest BCUT2D eigenvalue weighted by Crippen LogP contribution is -2.76. The summed E-state index contributed by atoms with van der Waals surface area (Å²) in [5.41, 5.74) is 2.63. The second-order valence-corrected chi connectivity index (χ2v) is 29.9. The van der Waals surface area contributed by atoms with Crippen LogP contribution in [0.4, 0.5) is 0 Å². The molecule has 0 N–H and O–H groups in total. The van der Waals surface area contributed by atoms with Crippen molar-refractivity contribution < 1.29 is 0 Å². The molecule has 0 amide bonds. The number of benzene rings is 4. The fraction of sp³-hybridized carbons (Fsp3) is 0.200. The van der Waals surface area contributed by atoms with Crippen molar-refractivity contribution in [3.63, 3.8) is 0 Å². The van der Waals surface area contributed by atoms with Crippen LogP contribution in [0.3, 0.4) is 0 Å². The first-order chi connectivity index (χ1) is 15.6. The van der Waals surface area contributed by atoms with Gasteiger partial charge in [0.15, 0.2) is 0 Å². The lowest BCUT2D eigenvalue weighted by atomic mass is 10.1. The molecule has 0 aliphatic carbocycles. The first-order valence-corrected chi connectivity index (χ1v) is 22.0. The maximum Gasteiger partial charge on any atom is 0.112 e. The van der Waals surface area contributed by atoms with Gasteiger partial charge in [-0.05, 0) is 11.1 Å². The zero-order valence-electron chi connectivity index (χ0n) is 20.9. The van der Waals surface area contributed by atoms with Gasteiger partial charge in [0.1, 0.15) is 7.59 Å². The highest BCUT2D eigenvalue weighted by Crippen LogP contribution is 2.23. The predicted molar refractivity (Wildman–Crippen MR) is 156 cm³/mol. The summed E-state index contributed by atoms with van der Waals surface area (Å²) in [6.45, 7) is 15.0. The van der Waals surface area contributed by atoms with E-state index in [4.69, 9.17) is 0 Å². The molecule has 4 aromatic rings. The van der Waals surface area contributed by atoms with Gasteiger partial charge in [0.05, 0.1) is 15.7 Å². The molecular formula is C30H36Si3. The smallest absolute Gasteiger partial charge is 0.0668 e. The minimum Gasteiger partial charge on any atom is -0.0668 e. The Labute approximate surface area is 203 Å². The molecule has 0 atom stereocenters. The van der Waals surface area contributed by atoms with Crippen LogP contribution in [0.15, 0.2) is 109 Å². The van der Waals surface area contributed by atoms with Gasteiger partial charge >= 0.3 is 0 Å². The van der Waals surface area contributed by atoms with E-state index in [1.165, 1.54) is 16.3 Å². The lowest BCUT2D eigenvalue weighted by molar-refractivity contribution is 1.62. The molecule has 0 nitrogen and oxygen atoms in total. The predicted octanol–water partition coefficient (Wildman–Crippen LogP) is 5.79. The third-order valence-corrected chi connectivity index (χ3v) is 27.1. The summed E-state index contributed by atoms with van der Waals surface area (Å²) in [5, 5.41) is 6.15. The van der Waals surface area contributed by atoms with Crippen LogP contribution >= 0.6 is 0 Å². The van der Waals surface area contributed by atoms with Crippen LogP contribution in [-0.4, -0.2) is 23.3 Å². The van der Waals surface area contributed by atoms with E-state index >= 15 is 0 Å². The Balaban J connectivity index is 1.74. The highest BCUT2D eigenvalue weighted by molar-refractivity contribution is 7.54. The van der Waals surface area contributed by atoms with Gasteiger partial charge in [-0.15, -0.1) is 0 Å². The van der Waals surface area contributed by atoms with Gasteiger partial charge in [-0.25, -0.2) is 0 Å². The van der Waals surface area contributed by atoms with E-state index in [1.54, 1.807) is 15.6 Å². The Kier molecular flexibility index (Phi) is 6.50. The molecule has 0 spiro atoms. The first-order valence-electron chi connectivity index (χ1n) is 12.0. The molecule has 0 saturated carbocycles. The molecule has 168 valence electrons. The van der Waals surface area contributed by atoms with Crippen LogP contribution in [0.25, 0.3) is 11.1 Å². The molecular weight excluding hydrogens is 445 g/mol. The standard InChI is InChI=1S/C30H36Si3/c1-31(2,3)27-21-17-25(18-22-27)26-19-23-28(24-20-26)32(4,5)33(6,29-13-9-7-10-14-29)30-15-11-8-12-16-30/h7-24H,1-6H3. The second-order valence-electron chi connectivity index (χ2n) is 10.9. The third kappa shape index (κ3) is 4.50. The zero-order valence-corrected chi connectivity index (χ0v) is 23.9. The van der Waals surface area contributed by atoms with E-state index in [9.17, 15) is 0 Å². The van der Waals surface area contributed by atoms with E-state index in [0.29, 0.717) is 0 Å². The molecule has 33 heavy (non-hydrogen) atoms. The third-order valence-electron chi connectivity index (χ3n) is 7.64. The Morgan fingerprint density at radius 2 is 0.727 bits per heavy atom. The van der Waals surface area contributed by atoms with Gasteiger partial charge in [-0.2, -0.15) is 0 Å². The van der Waals surface area contributed by atoms with Crippen LogP contribution in [0.1, 0.15) is 0 Å². The van der Waals surface area contributed by atoms with Gasteiger partial charge in [-0.1, -0.05) is 169 Å². The molecule has 0 fully saturated rings. The van der Waals surface area contributed by atoms with Crippen LogP contribution in [0, 0.1) is 0 Å². The van der Waals surface area contributed by atoms with Crippen LogP contribution < -0.4 is 20.7 Å². The average Bonchev–Trinajstić information content (AvgIpc) is 2.84. The monoisotopic (exact) mass is 480 g/mol. The summed E-state index contributed by atoms with van der Waals surface area (Å²) in [6.07, 6.45) is 0. The molecule has 4 aromatic carbocycles. The van der Waals surface area contributed by atoms with Gasteiger partial charge < -0.3 is 0 Å². The van der Waals surface area contributed by atoms with E-state index in [2.05, 4.69) is 148 Å². The Morgan fingerprint density at radius 3 is 1.09 bits per heavy atom.